The first-order valence-electron chi connectivity index (χ1n) is 4.08. The summed E-state index contributed by atoms with van der Waals surface area (Å²) in [5.74, 6) is 0. The molecule has 0 heterocycles. The van der Waals surface area contributed by atoms with Gasteiger partial charge in [-0.25, -0.2) is 0 Å². The van der Waals surface area contributed by atoms with Gasteiger partial charge in [0.1, 0.15) is 0 Å². The second-order valence-electron chi connectivity index (χ2n) is 2.59. The standard InChI is InChI=1S/C8H12F3NO/c9-8(10,11)4-7-13-6-3-1-2-5-12/h1-4,6-7H2. The van der Waals surface area contributed by atoms with Crippen molar-refractivity contribution in [3.05, 3.63) is 0 Å². The number of alkyl halides is 3. The zero-order valence-corrected chi connectivity index (χ0v) is 7.23. The highest BCUT2D eigenvalue weighted by molar-refractivity contribution is 4.67. The molecule has 0 N–H and O–H groups in total. The molecule has 0 radical (unpaired) electrons. The van der Waals surface area contributed by atoms with Crippen LogP contribution in [0, 0.1) is 11.3 Å². The second kappa shape index (κ2) is 6.72. The summed E-state index contributed by atoms with van der Waals surface area (Å²) in [6.45, 7) is 0.0216. The molecule has 0 fully saturated rings. The molecule has 0 atom stereocenters. The Morgan fingerprint density at radius 2 is 1.85 bits per heavy atom. The minimum absolute atomic E-state index is 0.282. The molecule has 0 aromatic carbocycles. The first kappa shape index (κ1) is 12.2. The van der Waals surface area contributed by atoms with Gasteiger partial charge in [0.05, 0.1) is 19.1 Å². The minimum atomic E-state index is -4.13. The van der Waals surface area contributed by atoms with Crippen molar-refractivity contribution in [3.63, 3.8) is 0 Å². The van der Waals surface area contributed by atoms with E-state index < -0.39 is 12.6 Å². The molecule has 0 bridgehead atoms. The van der Waals surface area contributed by atoms with Crippen LogP contribution in [0.5, 0.6) is 0 Å². The largest absolute Gasteiger partial charge is 0.391 e. The number of hydrogen-bond acceptors (Lipinski definition) is 2. The van der Waals surface area contributed by atoms with E-state index in [1.807, 2.05) is 6.07 Å². The van der Waals surface area contributed by atoms with Crippen molar-refractivity contribution < 1.29 is 17.9 Å². The molecule has 0 aliphatic carbocycles. The molecule has 0 aliphatic heterocycles. The van der Waals surface area contributed by atoms with Gasteiger partial charge in [-0.2, -0.15) is 18.4 Å². The highest BCUT2D eigenvalue weighted by Gasteiger charge is 2.26. The highest BCUT2D eigenvalue weighted by atomic mass is 19.4. The maximum Gasteiger partial charge on any atom is 0.391 e. The molecule has 13 heavy (non-hydrogen) atoms. The number of nitrogens with zero attached hydrogens (tertiary/aromatic N) is 1. The Morgan fingerprint density at radius 3 is 2.38 bits per heavy atom. The van der Waals surface area contributed by atoms with Crippen molar-refractivity contribution in [1.82, 2.24) is 0 Å². The highest BCUT2D eigenvalue weighted by Crippen LogP contribution is 2.18. The Hall–Kier alpha value is -0.760. The van der Waals surface area contributed by atoms with Crippen molar-refractivity contribution in [1.29, 1.82) is 5.26 Å². The van der Waals surface area contributed by atoms with Crippen LogP contribution >= 0.6 is 0 Å². The number of unbranched alkanes of at least 4 members (excludes halogenated alkanes) is 2. The number of ether oxygens (including phenoxy) is 1. The summed E-state index contributed by atoms with van der Waals surface area (Å²) >= 11 is 0. The van der Waals surface area contributed by atoms with E-state index in [9.17, 15) is 13.2 Å². The third kappa shape index (κ3) is 11.2. The Kier molecular flexibility index (Phi) is 6.33. The van der Waals surface area contributed by atoms with Gasteiger partial charge in [-0.15, -0.1) is 0 Å². The van der Waals surface area contributed by atoms with Gasteiger partial charge in [0, 0.05) is 13.0 Å². The summed E-state index contributed by atoms with van der Waals surface area (Å²) in [6, 6.07) is 1.95. The van der Waals surface area contributed by atoms with Gasteiger partial charge in [-0.05, 0) is 12.8 Å². The Balaban J connectivity index is 3.05. The monoisotopic (exact) mass is 195 g/mol. The molecule has 0 rings (SSSR count). The van der Waals surface area contributed by atoms with Crippen LogP contribution < -0.4 is 0 Å². The van der Waals surface area contributed by atoms with Crippen molar-refractivity contribution >= 4 is 0 Å². The summed E-state index contributed by atoms with van der Waals surface area (Å²) in [5.41, 5.74) is 0. The molecule has 2 nitrogen and oxygen atoms in total. The third-order valence-corrected chi connectivity index (χ3v) is 1.36. The lowest BCUT2D eigenvalue weighted by molar-refractivity contribution is -0.145. The van der Waals surface area contributed by atoms with Crippen LogP contribution in [0.15, 0.2) is 0 Å². The van der Waals surface area contributed by atoms with E-state index >= 15 is 0 Å². The molecule has 0 amide bonds. The second-order valence-corrected chi connectivity index (χ2v) is 2.59. The van der Waals surface area contributed by atoms with Crippen molar-refractivity contribution in [2.45, 2.75) is 31.9 Å². The fourth-order valence-electron chi connectivity index (χ4n) is 0.698. The van der Waals surface area contributed by atoms with Crippen molar-refractivity contribution in [3.8, 4) is 6.07 Å². The predicted molar refractivity (Wildman–Crippen MR) is 41.0 cm³/mol. The fraction of sp³-hybridized carbons (Fsp3) is 0.875. The molecule has 0 saturated heterocycles. The van der Waals surface area contributed by atoms with E-state index in [1.165, 1.54) is 0 Å². The average molecular weight is 195 g/mol. The van der Waals surface area contributed by atoms with Gasteiger partial charge in [0.2, 0.25) is 0 Å². The first-order valence-corrected chi connectivity index (χ1v) is 4.08. The van der Waals surface area contributed by atoms with Gasteiger partial charge in [0.25, 0.3) is 0 Å². The molecule has 0 unspecified atom stereocenters. The van der Waals surface area contributed by atoms with Crippen LogP contribution in [-0.4, -0.2) is 19.4 Å². The van der Waals surface area contributed by atoms with E-state index in [0.717, 1.165) is 0 Å². The number of hydrogen-bond donors (Lipinski definition) is 0. The van der Waals surface area contributed by atoms with Crippen LogP contribution in [-0.2, 0) is 4.74 Å². The molecule has 0 aromatic heterocycles. The molecular weight excluding hydrogens is 183 g/mol. The fourth-order valence-corrected chi connectivity index (χ4v) is 0.698. The van der Waals surface area contributed by atoms with Crippen molar-refractivity contribution in [2.75, 3.05) is 13.2 Å². The van der Waals surface area contributed by atoms with Gasteiger partial charge in [-0.1, -0.05) is 0 Å². The Bertz CT molecular complexity index is 162. The summed E-state index contributed by atoms with van der Waals surface area (Å²) in [6.07, 6.45) is -3.27. The lowest BCUT2D eigenvalue weighted by Crippen LogP contribution is -2.11. The van der Waals surface area contributed by atoms with Crippen LogP contribution in [0.1, 0.15) is 25.7 Å². The minimum Gasteiger partial charge on any atom is -0.381 e. The van der Waals surface area contributed by atoms with Crippen LogP contribution in [0.2, 0.25) is 0 Å². The summed E-state index contributed by atoms with van der Waals surface area (Å²) in [5, 5.41) is 8.14. The zero-order chi connectivity index (χ0) is 10.2. The van der Waals surface area contributed by atoms with E-state index in [4.69, 9.17) is 10.00 Å². The molecule has 5 heteroatoms. The normalized spacial score (nSPS) is 11.2. The molecular formula is C8H12F3NO. The first-order chi connectivity index (χ1) is 6.06. The van der Waals surface area contributed by atoms with Gasteiger partial charge in [-0.3, -0.25) is 0 Å². The summed E-state index contributed by atoms with van der Waals surface area (Å²) in [7, 11) is 0. The smallest absolute Gasteiger partial charge is 0.381 e. The summed E-state index contributed by atoms with van der Waals surface area (Å²) < 4.78 is 39.4. The average Bonchev–Trinajstić information content (AvgIpc) is 2.01. The van der Waals surface area contributed by atoms with Crippen LogP contribution in [0.4, 0.5) is 13.2 Å². The van der Waals surface area contributed by atoms with E-state index in [2.05, 4.69) is 0 Å². The van der Waals surface area contributed by atoms with Crippen LogP contribution in [0.3, 0.4) is 0 Å². The predicted octanol–water partition coefficient (Wildman–Crippen LogP) is 2.65. The van der Waals surface area contributed by atoms with Gasteiger partial charge >= 0.3 is 6.18 Å². The molecule has 0 aromatic rings. The SMILES string of the molecule is N#CCCCCOCCC(F)(F)F. The topological polar surface area (TPSA) is 33.0 Å². The quantitative estimate of drug-likeness (QED) is 0.610. The van der Waals surface area contributed by atoms with Gasteiger partial charge in [0.15, 0.2) is 0 Å². The number of halogens is 3. The van der Waals surface area contributed by atoms with E-state index in [1.54, 1.807) is 0 Å². The molecule has 0 saturated carbocycles. The van der Waals surface area contributed by atoms with E-state index in [0.29, 0.717) is 25.9 Å². The van der Waals surface area contributed by atoms with Crippen LogP contribution in [0.25, 0.3) is 0 Å². The van der Waals surface area contributed by atoms with Crippen molar-refractivity contribution in [2.24, 2.45) is 0 Å². The molecule has 0 aliphatic rings. The lowest BCUT2D eigenvalue weighted by Gasteiger charge is -2.06. The number of nitriles is 1. The Morgan fingerprint density at radius 1 is 1.15 bits per heavy atom. The molecule has 76 valence electrons. The van der Waals surface area contributed by atoms with Gasteiger partial charge < -0.3 is 4.74 Å². The molecule has 0 spiro atoms. The maximum absolute atomic E-state index is 11.6. The maximum atomic E-state index is 11.6. The third-order valence-electron chi connectivity index (χ3n) is 1.36. The summed E-state index contributed by atoms with van der Waals surface area (Å²) in [4.78, 5) is 0. The number of rotatable bonds is 6. The lowest BCUT2D eigenvalue weighted by atomic mass is 10.3. The zero-order valence-electron chi connectivity index (χ0n) is 7.23. The van der Waals surface area contributed by atoms with E-state index in [-0.39, 0.29) is 6.61 Å². The Labute approximate surface area is 75.3 Å².